The zero-order valence-electron chi connectivity index (χ0n) is 7.34. The van der Waals surface area contributed by atoms with Gasteiger partial charge in [0.05, 0.1) is 0 Å². The van der Waals surface area contributed by atoms with E-state index in [1.54, 1.807) is 14.1 Å². The molecule has 0 aliphatic carbocycles. The summed E-state index contributed by atoms with van der Waals surface area (Å²) in [5.41, 5.74) is 3.93. The van der Waals surface area contributed by atoms with Crippen LogP contribution >= 0.6 is 0 Å². The molecule has 0 rings (SSSR count). The number of amides is 2. The summed E-state index contributed by atoms with van der Waals surface area (Å²) >= 11 is 0. The molecule has 4 nitrogen and oxygen atoms in total. The van der Waals surface area contributed by atoms with Gasteiger partial charge in [-0.2, -0.15) is 0 Å². The third-order valence-corrected chi connectivity index (χ3v) is 1.56. The molecule has 0 aliphatic rings. The van der Waals surface area contributed by atoms with Gasteiger partial charge in [0.1, 0.15) is 5.41 Å². The van der Waals surface area contributed by atoms with E-state index >= 15 is 0 Å². The Morgan fingerprint density at radius 3 is 1.73 bits per heavy atom. The van der Waals surface area contributed by atoms with Crippen LogP contribution in [0.2, 0.25) is 0 Å². The molecule has 0 saturated heterocycles. The second kappa shape index (κ2) is 2.90. The quantitative estimate of drug-likeness (QED) is 0.555. The fraction of sp³-hybridized carbons (Fsp3) is 0.714. The minimum Gasteiger partial charge on any atom is -0.369 e. The summed E-state index contributed by atoms with van der Waals surface area (Å²) in [6, 6.07) is 0. The molecule has 2 amide bonds. The standard InChI is InChI=1S/C7H14N2O2/c1-7(2,5(8)10)6(11)9(3)4/h1-4H3,(H2,8,10). The average Bonchev–Trinajstić information content (AvgIpc) is 1.85. The Morgan fingerprint density at radius 1 is 1.27 bits per heavy atom. The molecule has 0 bridgehead atoms. The highest BCUT2D eigenvalue weighted by atomic mass is 16.2. The van der Waals surface area contributed by atoms with Crippen molar-refractivity contribution in [2.75, 3.05) is 14.1 Å². The molecule has 0 aromatic rings. The third kappa shape index (κ3) is 1.93. The van der Waals surface area contributed by atoms with Crippen LogP contribution in [0.15, 0.2) is 0 Å². The van der Waals surface area contributed by atoms with E-state index in [0.29, 0.717) is 0 Å². The summed E-state index contributed by atoms with van der Waals surface area (Å²) in [7, 11) is 3.18. The van der Waals surface area contributed by atoms with Crippen LogP contribution in [0.5, 0.6) is 0 Å². The number of hydrogen-bond donors (Lipinski definition) is 1. The summed E-state index contributed by atoms with van der Waals surface area (Å²) in [6.07, 6.45) is 0. The summed E-state index contributed by atoms with van der Waals surface area (Å²) in [5.74, 6) is -0.874. The lowest BCUT2D eigenvalue weighted by molar-refractivity contribution is -0.145. The fourth-order valence-electron chi connectivity index (χ4n) is 0.664. The van der Waals surface area contributed by atoms with Gasteiger partial charge in [-0.1, -0.05) is 0 Å². The van der Waals surface area contributed by atoms with Crippen LogP contribution in [0.1, 0.15) is 13.8 Å². The van der Waals surface area contributed by atoms with Gasteiger partial charge < -0.3 is 10.6 Å². The number of nitrogens with zero attached hydrogens (tertiary/aromatic N) is 1. The van der Waals surface area contributed by atoms with Crippen molar-refractivity contribution in [3.63, 3.8) is 0 Å². The highest BCUT2D eigenvalue weighted by Gasteiger charge is 2.34. The SMILES string of the molecule is CN(C)C(=O)C(C)(C)C(N)=O. The van der Waals surface area contributed by atoms with Crippen LogP contribution in [-0.4, -0.2) is 30.8 Å². The first-order valence-corrected chi connectivity index (χ1v) is 3.31. The van der Waals surface area contributed by atoms with Crippen molar-refractivity contribution in [3.05, 3.63) is 0 Å². The molecule has 0 atom stereocenters. The lowest BCUT2D eigenvalue weighted by atomic mass is 9.91. The summed E-state index contributed by atoms with van der Waals surface area (Å²) < 4.78 is 0. The highest BCUT2D eigenvalue weighted by Crippen LogP contribution is 2.16. The Morgan fingerprint density at radius 2 is 1.64 bits per heavy atom. The number of rotatable bonds is 2. The molecule has 0 heterocycles. The van der Waals surface area contributed by atoms with Crippen LogP contribution < -0.4 is 5.73 Å². The van der Waals surface area contributed by atoms with Gasteiger partial charge >= 0.3 is 0 Å². The van der Waals surface area contributed by atoms with Crippen molar-refractivity contribution >= 4 is 11.8 Å². The molecule has 0 fully saturated rings. The Balaban J connectivity index is 4.56. The van der Waals surface area contributed by atoms with Crippen molar-refractivity contribution in [2.45, 2.75) is 13.8 Å². The van der Waals surface area contributed by atoms with Gasteiger partial charge in [-0.3, -0.25) is 9.59 Å². The van der Waals surface area contributed by atoms with Gasteiger partial charge in [0.2, 0.25) is 11.8 Å². The van der Waals surface area contributed by atoms with Crippen LogP contribution in [0.4, 0.5) is 0 Å². The summed E-state index contributed by atoms with van der Waals surface area (Å²) in [4.78, 5) is 23.3. The topological polar surface area (TPSA) is 63.4 Å². The van der Waals surface area contributed by atoms with Crippen molar-refractivity contribution in [1.29, 1.82) is 0 Å². The first kappa shape index (κ1) is 9.94. The maximum Gasteiger partial charge on any atom is 0.237 e. The molecule has 0 aromatic heterocycles. The first-order chi connectivity index (χ1) is 4.80. The highest BCUT2D eigenvalue weighted by molar-refractivity contribution is 6.03. The van der Waals surface area contributed by atoms with Gasteiger partial charge in [0.15, 0.2) is 0 Å². The Labute approximate surface area is 66.4 Å². The monoisotopic (exact) mass is 158 g/mol. The number of hydrogen-bond acceptors (Lipinski definition) is 2. The van der Waals surface area contributed by atoms with Crippen LogP contribution in [-0.2, 0) is 9.59 Å². The van der Waals surface area contributed by atoms with E-state index in [1.807, 2.05) is 0 Å². The smallest absolute Gasteiger partial charge is 0.237 e. The van der Waals surface area contributed by atoms with Crippen molar-refractivity contribution in [3.8, 4) is 0 Å². The maximum atomic E-state index is 11.2. The molecule has 0 spiro atoms. The molecular weight excluding hydrogens is 144 g/mol. The van der Waals surface area contributed by atoms with E-state index in [0.717, 1.165) is 0 Å². The largest absolute Gasteiger partial charge is 0.369 e. The Bertz CT molecular complexity index is 185. The van der Waals surface area contributed by atoms with E-state index in [-0.39, 0.29) is 5.91 Å². The fourth-order valence-corrected chi connectivity index (χ4v) is 0.664. The Hall–Kier alpha value is -1.06. The first-order valence-electron chi connectivity index (χ1n) is 3.31. The normalized spacial score (nSPS) is 10.9. The summed E-state index contributed by atoms with van der Waals surface area (Å²) in [5, 5.41) is 0. The zero-order chi connectivity index (χ0) is 9.23. The van der Waals surface area contributed by atoms with E-state index < -0.39 is 11.3 Å². The van der Waals surface area contributed by atoms with Crippen molar-refractivity contribution in [2.24, 2.45) is 11.1 Å². The molecule has 0 unspecified atom stereocenters. The molecule has 0 radical (unpaired) electrons. The molecule has 0 aromatic carbocycles. The van der Waals surface area contributed by atoms with E-state index in [4.69, 9.17) is 5.73 Å². The van der Waals surface area contributed by atoms with Gasteiger partial charge in [0, 0.05) is 14.1 Å². The maximum absolute atomic E-state index is 11.2. The zero-order valence-corrected chi connectivity index (χ0v) is 7.34. The number of nitrogens with two attached hydrogens (primary N) is 1. The van der Waals surface area contributed by atoms with Crippen LogP contribution in [0, 0.1) is 5.41 Å². The van der Waals surface area contributed by atoms with Crippen molar-refractivity contribution < 1.29 is 9.59 Å². The average molecular weight is 158 g/mol. The predicted molar refractivity (Wildman–Crippen MR) is 41.7 cm³/mol. The minimum atomic E-state index is -1.09. The van der Waals surface area contributed by atoms with Gasteiger partial charge in [-0.15, -0.1) is 0 Å². The second-order valence-corrected chi connectivity index (χ2v) is 3.19. The van der Waals surface area contributed by atoms with E-state index in [9.17, 15) is 9.59 Å². The van der Waals surface area contributed by atoms with E-state index in [2.05, 4.69) is 0 Å². The van der Waals surface area contributed by atoms with Gasteiger partial charge in [0.25, 0.3) is 0 Å². The minimum absolute atomic E-state index is 0.273. The Kier molecular flexibility index (Phi) is 2.62. The van der Waals surface area contributed by atoms with Crippen LogP contribution in [0.3, 0.4) is 0 Å². The number of carbonyl (C=O) groups is 2. The molecular formula is C7H14N2O2. The third-order valence-electron chi connectivity index (χ3n) is 1.56. The number of primary amides is 1. The van der Waals surface area contributed by atoms with Gasteiger partial charge in [-0.25, -0.2) is 0 Å². The molecule has 64 valence electrons. The van der Waals surface area contributed by atoms with Crippen LogP contribution in [0.25, 0.3) is 0 Å². The number of carbonyl (C=O) groups excluding carboxylic acids is 2. The molecule has 0 saturated carbocycles. The van der Waals surface area contributed by atoms with E-state index in [1.165, 1.54) is 18.7 Å². The predicted octanol–water partition coefficient (Wildman–Crippen LogP) is -0.414. The molecule has 11 heavy (non-hydrogen) atoms. The lowest BCUT2D eigenvalue weighted by Gasteiger charge is -2.23. The molecule has 0 aliphatic heterocycles. The van der Waals surface area contributed by atoms with Gasteiger partial charge in [-0.05, 0) is 13.8 Å². The molecule has 2 N–H and O–H groups in total. The second-order valence-electron chi connectivity index (χ2n) is 3.19. The van der Waals surface area contributed by atoms with Crippen molar-refractivity contribution in [1.82, 2.24) is 4.90 Å². The summed E-state index contributed by atoms with van der Waals surface area (Å²) in [6.45, 7) is 3.02. The lowest BCUT2D eigenvalue weighted by Crippen LogP contribution is -2.45. The molecule has 4 heteroatoms.